The Balaban J connectivity index is 2.19. The van der Waals surface area contributed by atoms with Crippen LogP contribution in [-0.4, -0.2) is 27.3 Å². The fraction of sp³-hybridized carbons (Fsp3) is 0.0833. The molecule has 0 aliphatic carbocycles. The van der Waals surface area contributed by atoms with Crippen LogP contribution in [0, 0.1) is 0 Å². The van der Waals surface area contributed by atoms with Gasteiger partial charge in [-0.05, 0) is 18.2 Å². The highest BCUT2D eigenvalue weighted by Crippen LogP contribution is 2.28. The van der Waals surface area contributed by atoms with Gasteiger partial charge in [-0.25, -0.2) is 4.98 Å². The molecular weight excluding hydrogens is 216 g/mol. The highest BCUT2D eigenvalue weighted by molar-refractivity contribution is 5.80. The van der Waals surface area contributed by atoms with E-state index in [0.29, 0.717) is 5.88 Å². The Bertz CT molecular complexity index is 662. The van der Waals surface area contributed by atoms with E-state index in [1.54, 1.807) is 25.7 Å². The summed E-state index contributed by atoms with van der Waals surface area (Å²) in [5, 5.41) is 6.84. The van der Waals surface area contributed by atoms with Crippen LogP contribution in [0.1, 0.15) is 0 Å². The third-order valence-electron chi connectivity index (χ3n) is 2.57. The van der Waals surface area contributed by atoms with E-state index < -0.39 is 0 Å². The van der Waals surface area contributed by atoms with Crippen molar-refractivity contribution < 1.29 is 4.74 Å². The molecule has 3 heterocycles. The predicted molar refractivity (Wildman–Crippen MR) is 63.7 cm³/mol. The van der Waals surface area contributed by atoms with Gasteiger partial charge in [-0.2, -0.15) is 5.10 Å². The quantitative estimate of drug-likeness (QED) is 0.726. The van der Waals surface area contributed by atoms with Crippen molar-refractivity contribution in [2.45, 2.75) is 0 Å². The van der Waals surface area contributed by atoms with Gasteiger partial charge >= 0.3 is 0 Å². The van der Waals surface area contributed by atoms with Crippen LogP contribution in [-0.2, 0) is 0 Å². The van der Waals surface area contributed by atoms with Crippen molar-refractivity contribution in [2.24, 2.45) is 0 Å². The molecule has 17 heavy (non-hydrogen) atoms. The largest absolute Gasteiger partial charge is 0.481 e. The van der Waals surface area contributed by atoms with Gasteiger partial charge < -0.3 is 4.74 Å². The minimum atomic E-state index is 0.591. The van der Waals surface area contributed by atoms with Gasteiger partial charge in [-0.15, -0.1) is 0 Å². The predicted octanol–water partition coefficient (Wildman–Crippen LogP) is 2.03. The smallest absolute Gasteiger partial charge is 0.221 e. The Morgan fingerprint density at radius 3 is 3.06 bits per heavy atom. The van der Waals surface area contributed by atoms with Gasteiger partial charge in [0.25, 0.3) is 0 Å². The van der Waals surface area contributed by atoms with Crippen LogP contribution in [0.15, 0.2) is 36.8 Å². The topological polar surface area (TPSA) is 63.7 Å². The normalized spacial score (nSPS) is 10.6. The SMILES string of the molecule is COc1ncccc1-c1cnc2cn[nH]c2c1. The average Bonchev–Trinajstić information content (AvgIpc) is 2.85. The molecule has 0 unspecified atom stereocenters. The molecule has 5 nitrogen and oxygen atoms in total. The maximum Gasteiger partial charge on any atom is 0.221 e. The van der Waals surface area contributed by atoms with E-state index in [4.69, 9.17) is 4.74 Å². The molecule has 0 amide bonds. The molecule has 0 radical (unpaired) electrons. The maximum atomic E-state index is 5.23. The van der Waals surface area contributed by atoms with Crippen LogP contribution in [0.5, 0.6) is 5.88 Å². The minimum absolute atomic E-state index is 0.591. The summed E-state index contributed by atoms with van der Waals surface area (Å²) in [6, 6.07) is 5.80. The molecule has 5 heteroatoms. The molecule has 3 aromatic heterocycles. The number of H-pyrrole nitrogens is 1. The Morgan fingerprint density at radius 1 is 1.24 bits per heavy atom. The lowest BCUT2D eigenvalue weighted by Gasteiger charge is -2.06. The Hall–Kier alpha value is -2.43. The van der Waals surface area contributed by atoms with Gasteiger partial charge in [0.1, 0.15) is 5.52 Å². The fourth-order valence-corrected chi connectivity index (χ4v) is 1.75. The number of methoxy groups -OCH3 is 1. The summed E-state index contributed by atoms with van der Waals surface area (Å²) in [5.74, 6) is 0.591. The Morgan fingerprint density at radius 2 is 2.18 bits per heavy atom. The second-order valence-electron chi connectivity index (χ2n) is 3.59. The Kier molecular flexibility index (Phi) is 2.22. The standard InChI is InChI=1S/C12H10N4O/c1-17-12-9(3-2-4-13-12)8-5-10-11(14-6-8)7-15-16-10/h2-7H,1H3,(H,15,16). The number of hydrogen-bond acceptors (Lipinski definition) is 4. The third-order valence-corrected chi connectivity index (χ3v) is 2.57. The second-order valence-corrected chi connectivity index (χ2v) is 3.59. The lowest BCUT2D eigenvalue weighted by Crippen LogP contribution is -1.91. The average molecular weight is 226 g/mol. The molecule has 0 spiro atoms. The lowest BCUT2D eigenvalue weighted by atomic mass is 10.1. The van der Waals surface area contributed by atoms with Gasteiger partial charge in [0.15, 0.2) is 0 Å². The molecule has 1 N–H and O–H groups in total. The summed E-state index contributed by atoms with van der Waals surface area (Å²) in [5.41, 5.74) is 3.61. The first-order valence-corrected chi connectivity index (χ1v) is 5.17. The number of nitrogens with zero attached hydrogens (tertiary/aromatic N) is 3. The molecule has 0 bridgehead atoms. The van der Waals surface area contributed by atoms with E-state index in [1.165, 1.54) is 0 Å². The van der Waals surface area contributed by atoms with Crippen molar-refractivity contribution >= 4 is 11.0 Å². The number of nitrogens with one attached hydrogen (secondary N) is 1. The zero-order chi connectivity index (χ0) is 11.7. The van der Waals surface area contributed by atoms with Crippen molar-refractivity contribution in [1.29, 1.82) is 0 Å². The third kappa shape index (κ3) is 1.61. The van der Waals surface area contributed by atoms with Gasteiger partial charge in [-0.3, -0.25) is 10.1 Å². The van der Waals surface area contributed by atoms with Crippen LogP contribution in [0.4, 0.5) is 0 Å². The summed E-state index contributed by atoms with van der Waals surface area (Å²) in [6.07, 6.45) is 5.18. The molecule has 0 aliphatic rings. The van der Waals surface area contributed by atoms with Crippen LogP contribution < -0.4 is 4.74 Å². The number of pyridine rings is 2. The molecule has 84 valence electrons. The van der Waals surface area contributed by atoms with Crippen LogP contribution in [0.25, 0.3) is 22.2 Å². The summed E-state index contributed by atoms with van der Waals surface area (Å²) < 4.78 is 5.23. The highest BCUT2D eigenvalue weighted by Gasteiger charge is 2.08. The first-order chi connectivity index (χ1) is 8.38. The second kappa shape index (κ2) is 3.86. The van der Waals surface area contributed by atoms with E-state index in [0.717, 1.165) is 22.2 Å². The van der Waals surface area contributed by atoms with Crippen molar-refractivity contribution in [1.82, 2.24) is 20.2 Å². The maximum absolute atomic E-state index is 5.23. The van der Waals surface area contributed by atoms with E-state index in [9.17, 15) is 0 Å². The number of hydrogen-bond donors (Lipinski definition) is 1. The van der Waals surface area contributed by atoms with Crippen molar-refractivity contribution in [3.8, 4) is 17.0 Å². The summed E-state index contributed by atoms with van der Waals surface area (Å²) in [7, 11) is 1.61. The number of aromatic amines is 1. The molecule has 0 fully saturated rings. The molecule has 0 saturated heterocycles. The monoisotopic (exact) mass is 226 g/mol. The molecule has 3 rings (SSSR count). The summed E-state index contributed by atoms with van der Waals surface area (Å²) >= 11 is 0. The first kappa shape index (κ1) is 9.77. The number of aromatic nitrogens is 4. The van der Waals surface area contributed by atoms with Crippen LogP contribution >= 0.6 is 0 Å². The van der Waals surface area contributed by atoms with Gasteiger partial charge in [-0.1, -0.05) is 0 Å². The van der Waals surface area contributed by atoms with Gasteiger partial charge in [0, 0.05) is 23.5 Å². The Labute approximate surface area is 97.5 Å². The molecule has 0 saturated carbocycles. The van der Waals surface area contributed by atoms with E-state index in [2.05, 4.69) is 20.2 Å². The highest BCUT2D eigenvalue weighted by atomic mass is 16.5. The van der Waals surface area contributed by atoms with E-state index in [1.807, 2.05) is 18.2 Å². The number of rotatable bonds is 2. The molecule has 3 aromatic rings. The van der Waals surface area contributed by atoms with E-state index in [-0.39, 0.29) is 0 Å². The fourth-order valence-electron chi connectivity index (χ4n) is 1.75. The summed E-state index contributed by atoms with van der Waals surface area (Å²) in [6.45, 7) is 0. The van der Waals surface area contributed by atoms with Crippen LogP contribution in [0.3, 0.4) is 0 Å². The van der Waals surface area contributed by atoms with Crippen molar-refractivity contribution in [2.75, 3.05) is 7.11 Å². The van der Waals surface area contributed by atoms with E-state index >= 15 is 0 Å². The van der Waals surface area contributed by atoms with Gasteiger partial charge in [0.05, 0.1) is 18.8 Å². The van der Waals surface area contributed by atoms with Crippen molar-refractivity contribution in [3.05, 3.63) is 36.8 Å². The van der Waals surface area contributed by atoms with Crippen LogP contribution in [0.2, 0.25) is 0 Å². The first-order valence-electron chi connectivity index (χ1n) is 5.17. The summed E-state index contributed by atoms with van der Waals surface area (Å²) in [4.78, 5) is 8.48. The molecular formula is C12H10N4O. The lowest BCUT2D eigenvalue weighted by molar-refractivity contribution is 0.399. The molecule has 0 aromatic carbocycles. The molecule has 0 aliphatic heterocycles. The number of ether oxygens (including phenoxy) is 1. The zero-order valence-corrected chi connectivity index (χ0v) is 9.21. The van der Waals surface area contributed by atoms with Gasteiger partial charge in [0.2, 0.25) is 5.88 Å². The number of fused-ring (bicyclic) bond motifs is 1. The zero-order valence-electron chi connectivity index (χ0n) is 9.21. The molecule has 0 atom stereocenters. The van der Waals surface area contributed by atoms with Crippen molar-refractivity contribution in [3.63, 3.8) is 0 Å². The minimum Gasteiger partial charge on any atom is -0.481 e.